The fourth-order valence-electron chi connectivity index (χ4n) is 8.22. The third kappa shape index (κ3) is 3.08. The van der Waals surface area contributed by atoms with Gasteiger partial charge in [-0.15, -0.1) is 0 Å². The Hall–Kier alpha value is -6.48. The smallest absolute Gasteiger partial charge is 0.0998 e. The van der Waals surface area contributed by atoms with Gasteiger partial charge in [0.25, 0.3) is 0 Å². The minimum Gasteiger partial charge on any atom is -0.192 e. The Bertz CT molecular complexity index is 2790. The quantitative estimate of drug-likeness (QED) is 0.205. The molecular formula is C44H22N2. The molecule has 10 aromatic carbocycles. The van der Waals surface area contributed by atoms with Crippen LogP contribution >= 0.6 is 0 Å². The number of hydrogen-bond donors (Lipinski definition) is 0. The molecule has 0 saturated carbocycles. The molecule has 10 rings (SSSR count). The van der Waals surface area contributed by atoms with Crippen LogP contribution in [-0.2, 0) is 0 Å². The predicted molar refractivity (Wildman–Crippen MR) is 192 cm³/mol. The molecule has 0 aliphatic heterocycles. The van der Waals surface area contributed by atoms with Crippen LogP contribution in [0.15, 0.2) is 133 Å². The topological polar surface area (TPSA) is 47.6 Å². The van der Waals surface area contributed by atoms with Crippen molar-refractivity contribution in [1.82, 2.24) is 0 Å². The molecule has 0 fully saturated rings. The zero-order chi connectivity index (χ0) is 30.5. The maximum absolute atomic E-state index is 10.4. The van der Waals surface area contributed by atoms with Gasteiger partial charge < -0.3 is 0 Å². The lowest BCUT2D eigenvalue weighted by molar-refractivity contribution is 1.48. The van der Waals surface area contributed by atoms with Crippen LogP contribution in [0.4, 0.5) is 0 Å². The van der Waals surface area contributed by atoms with Crippen molar-refractivity contribution in [1.29, 1.82) is 10.5 Å². The Morgan fingerprint density at radius 2 is 0.717 bits per heavy atom. The van der Waals surface area contributed by atoms with E-state index < -0.39 is 0 Å². The van der Waals surface area contributed by atoms with Gasteiger partial charge in [0, 0.05) is 11.1 Å². The van der Waals surface area contributed by atoms with Crippen LogP contribution in [0.3, 0.4) is 0 Å². The molecule has 10 aromatic rings. The van der Waals surface area contributed by atoms with Crippen LogP contribution in [0, 0.1) is 22.7 Å². The second-order valence-electron chi connectivity index (χ2n) is 12.2. The molecule has 208 valence electrons. The Balaban J connectivity index is 1.59. The lowest BCUT2D eigenvalue weighted by Gasteiger charge is -2.18. The van der Waals surface area contributed by atoms with Crippen LogP contribution in [0.25, 0.3) is 97.7 Å². The molecule has 0 heterocycles. The fourth-order valence-corrected chi connectivity index (χ4v) is 8.22. The van der Waals surface area contributed by atoms with Crippen molar-refractivity contribution in [3.63, 3.8) is 0 Å². The molecule has 0 aliphatic rings. The number of rotatable bonds is 2. The molecule has 0 saturated heterocycles. The van der Waals surface area contributed by atoms with E-state index in [2.05, 4.69) is 109 Å². The van der Waals surface area contributed by atoms with Gasteiger partial charge in [-0.05, 0) is 111 Å². The molecule has 0 N–H and O–H groups in total. The number of nitrogens with zero attached hydrogens (tertiary/aromatic N) is 2. The van der Waals surface area contributed by atoms with Crippen molar-refractivity contribution in [2.24, 2.45) is 0 Å². The van der Waals surface area contributed by atoms with Crippen molar-refractivity contribution >= 4 is 75.4 Å². The molecule has 0 radical (unpaired) electrons. The summed E-state index contributed by atoms with van der Waals surface area (Å²) in [5, 5.41) is 37.3. The first-order valence-corrected chi connectivity index (χ1v) is 15.5. The highest BCUT2D eigenvalue weighted by atomic mass is 14.3. The van der Waals surface area contributed by atoms with E-state index in [4.69, 9.17) is 0 Å². The predicted octanol–water partition coefficient (Wildman–Crippen LogP) is 11.7. The summed E-state index contributed by atoms with van der Waals surface area (Å²) in [5.41, 5.74) is 5.26. The summed E-state index contributed by atoms with van der Waals surface area (Å²) in [4.78, 5) is 0. The lowest BCUT2D eigenvalue weighted by atomic mass is 9.83. The van der Waals surface area contributed by atoms with Crippen LogP contribution < -0.4 is 0 Å². The SMILES string of the molecule is N#Cc1ccccc1-c1c2cc3c(cc2c(-c2ccccc2C#N)c2c4cccc5cccc(c12)c54)c1cccc2cccc3c21. The summed E-state index contributed by atoms with van der Waals surface area (Å²) >= 11 is 0. The maximum atomic E-state index is 10.4. The van der Waals surface area contributed by atoms with E-state index in [1.165, 1.54) is 43.1 Å². The standard InChI is InChI=1S/C44H22N2/c45-23-27-9-1-3-15-29(27)41-37-21-35-31-17-5-11-25-12-6-18-32(39(25)31)36(35)22-38(37)42(30-16-4-2-10-28(30)24-46)44-34-20-8-14-26-13-7-19-33(40(26)34)43(41)44/h1-22H. The highest BCUT2D eigenvalue weighted by molar-refractivity contribution is 6.42. The van der Waals surface area contributed by atoms with Gasteiger partial charge in [0.2, 0.25) is 0 Å². The number of nitriles is 2. The van der Waals surface area contributed by atoms with E-state index in [-0.39, 0.29) is 0 Å². The Morgan fingerprint density at radius 1 is 0.326 bits per heavy atom. The van der Waals surface area contributed by atoms with E-state index in [0.29, 0.717) is 11.1 Å². The van der Waals surface area contributed by atoms with Gasteiger partial charge in [-0.3, -0.25) is 0 Å². The van der Waals surface area contributed by atoms with Crippen LogP contribution in [0.2, 0.25) is 0 Å². The van der Waals surface area contributed by atoms with E-state index in [0.717, 1.165) is 54.6 Å². The van der Waals surface area contributed by atoms with Crippen molar-refractivity contribution in [3.8, 4) is 34.4 Å². The summed E-state index contributed by atoms with van der Waals surface area (Å²) in [7, 11) is 0. The van der Waals surface area contributed by atoms with Crippen molar-refractivity contribution < 1.29 is 0 Å². The van der Waals surface area contributed by atoms with Gasteiger partial charge >= 0.3 is 0 Å². The van der Waals surface area contributed by atoms with Crippen LogP contribution in [0.1, 0.15) is 11.1 Å². The third-order valence-electron chi connectivity index (χ3n) is 10.0. The molecule has 0 aromatic heterocycles. The van der Waals surface area contributed by atoms with E-state index in [9.17, 15) is 10.5 Å². The van der Waals surface area contributed by atoms with Crippen molar-refractivity contribution in [2.45, 2.75) is 0 Å². The van der Waals surface area contributed by atoms with Gasteiger partial charge in [0.05, 0.1) is 23.3 Å². The third-order valence-corrected chi connectivity index (χ3v) is 10.0. The normalized spacial score (nSPS) is 11.9. The van der Waals surface area contributed by atoms with Crippen LogP contribution in [0.5, 0.6) is 0 Å². The van der Waals surface area contributed by atoms with Gasteiger partial charge in [-0.25, -0.2) is 0 Å². The highest BCUT2D eigenvalue weighted by Crippen LogP contribution is 2.53. The summed E-state index contributed by atoms with van der Waals surface area (Å²) < 4.78 is 0. The summed E-state index contributed by atoms with van der Waals surface area (Å²) in [6.45, 7) is 0. The zero-order valence-electron chi connectivity index (χ0n) is 24.6. The average Bonchev–Trinajstić information content (AvgIpc) is 3.61. The molecule has 0 unspecified atom stereocenters. The van der Waals surface area contributed by atoms with Crippen LogP contribution in [-0.4, -0.2) is 0 Å². The second-order valence-corrected chi connectivity index (χ2v) is 12.2. The first-order chi connectivity index (χ1) is 22.8. The first kappa shape index (κ1) is 24.9. The minimum absolute atomic E-state index is 0.644. The van der Waals surface area contributed by atoms with Gasteiger partial charge in [-0.2, -0.15) is 10.5 Å². The number of benzene rings is 8. The highest BCUT2D eigenvalue weighted by Gasteiger charge is 2.26. The Kier molecular flexibility index (Phi) is 4.89. The van der Waals surface area contributed by atoms with Crippen molar-refractivity contribution in [3.05, 3.63) is 145 Å². The molecule has 0 spiro atoms. The second kappa shape index (κ2) is 9.02. The first-order valence-electron chi connectivity index (χ1n) is 15.5. The minimum atomic E-state index is 0.644. The molecule has 0 amide bonds. The molecule has 0 bridgehead atoms. The summed E-state index contributed by atoms with van der Waals surface area (Å²) in [6, 6.07) is 51.8. The fraction of sp³-hybridized carbons (Fsp3) is 0. The largest absolute Gasteiger partial charge is 0.192 e. The Labute approximate surface area is 264 Å². The van der Waals surface area contributed by atoms with Gasteiger partial charge in [0.15, 0.2) is 0 Å². The molecule has 2 heteroatoms. The lowest BCUT2D eigenvalue weighted by Crippen LogP contribution is -1.93. The molecule has 46 heavy (non-hydrogen) atoms. The molecule has 0 atom stereocenters. The van der Waals surface area contributed by atoms with Gasteiger partial charge in [0.1, 0.15) is 0 Å². The van der Waals surface area contributed by atoms with Crippen molar-refractivity contribution in [2.75, 3.05) is 0 Å². The molecular weight excluding hydrogens is 556 g/mol. The monoisotopic (exact) mass is 578 g/mol. The van der Waals surface area contributed by atoms with E-state index in [1.807, 2.05) is 36.4 Å². The van der Waals surface area contributed by atoms with E-state index >= 15 is 0 Å². The molecule has 2 nitrogen and oxygen atoms in total. The number of hydrogen-bond acceptors (Lipinski definition) is 2. The summed E-state index contributed by atoms with van der Waals surface area (Å²) in [6.07, 6.45) is 0. The summed E-state index contributed by atoms with van der Waals surface area (Å²) in [5.74, 6) is 0. The number of fused-ring (bicyclic) bond motifs is 7. The maximum Gasteiger partial charge on any atom is 0.0998 e. The molecule has 0 aliphatic carbocycles. The van der Waals surface area contributed by atoms with Gasteiger partial charge in [-0.1, -0.05) is 109 Å². The van der Waals surface area contributed by atoms with E-state index in [1.54, 1.807) is 0 Å². The average molecular weight is 579 g/mol. The Morgan fingerprint density at radius 3 is 1.15 bits per heavy atom. The zero-order valence-corrected chi connectivity index (χ0v) is 24.6.